The van der Waals surface area contributed by atoms with E-state index in [0.29, 0.717) is 6.54 Å². The van der Waals surface area contributed by atoms with Gasteiger partial charge in [-0.2, -0.15) is 5.10 Å². The molecular weight excluding hydrogens is 290 g/mol. The lowest BCUT2D eigenvalue weighted by atomic mass is 10.2. The number of benzene rings is 1. The Labute approximate surface area is 129 Å². The predicted molar refractivity (Wildman–Crippen MR) is 84.5 cm³/mol. The van der Waals surface area contributed by atoms with Gasteiger partial charge in [-0.1, -0.05) is 18.5 Å². The van der Waals surface area contributed by atoms with E-state index in [9.17, 15) is 0 Å². The van der Waals surface area contributed by atoms with Gasteiger partial charge in [0.05, 0.1) is 42.9 Å². The second-order valence-electron chi connectivity index (χ2n) is 4.60. The van der Waals surface area contributed by atoms with E-state index in [0.717, 1.165) is 40.0 Å². The Bertz CT molecular complexity index is 626. The molecule has 1 N–H and O–H groups in total. The molecule has 0 radical (unpaired) electrons. The van der Waals surface area contributed by atoms with Crippen molar-refractivity contribution in [2.75, 3.05) is 19.5 Å². The van der Waals surface area contributed by atoms with E-state index < -0.39 is 0 Å². The first-order valence-electron chi connectivity index (χ1n) is 6.76. The highest BCUT2D eigenvalue weighted by atomic mass is 35.5. The zero-order valence-corrected chi connectivity index (χ0v) is 13.5. The molecule has 2 rings (SSSR count). The Kier molecular flexibility index (Phi) is 4.96. The van der Waals surface area contributed by atoms with Gasteiger partial charge in [-0.15, -0.1) is 0 Å². The zero-order valence-electron chi connectivity index (χ0n) is 12.7. The summed E-state index contributed by atoms with van der Waals surface area (Å²) < 4.78 is 12.4. The molecule has 0 aliphatic carbocycles. The van der Waals surface area contributed by atoms with Crippen LogP contribution < -0.4 is 14.8 Å². The van der Waals surface area contributed by atoms with Gasteiger partial charge in [-0.25, -0.2) is 0 Å². The van der Waals surface area contributed by atoms with E-state index in [4.69, 9.17) is 21.1 Å². The maximum atomic E-state index is 6.34. The normalized spacial score (nSPS) is 10.5. The summed E-state index contributed by atoms with van der Waals surface area (Å²) in [4.78, 5) is 0. The van der Waals surface area contributed by atoms with Gasteiger partial charge in [0.2, 0.25) is 0 Å². The van der Waals surface area contributed by atoms with Gasteiger partial charge in [-0.05, 0) is 18.6 Å². The molecule has 0 unspecified atom stereocenters. The van der Waals surface area contributed by atoms with Gasteiger partial charge in [0.15, 0.2) is 0 Å². The van der Waals surface area contributed by atoms with Crippen LogP contribution in [0, 0.1) is 0 Å². The van der Waals surface area contributed by atoms with E-state index >= 15 is 0 Å². The van der Waals surface area contributed by atoms with Crippen LogP contribution in [-0.4, -0.2) is 24.0 Å². The molecule has 0 saturated heterocycles. The summed E-state index contributed by atoms with van der Waals surface area (Å²) in [6, 6.07) is 5.64. The average Bonchev–Trinajstić information content (AvgIpc) is 2.79. The molecular formula is C15H20ClN3O2. The monoisotopic (exact) mass is 309 g/mol. The third-order valence-electron chi connectivity index (χ3n) is 3.36. The van der Waals surface area contributed by atoms with Crippen LogP contribution in [0.25, 0.3) is 0 Å². The van der Waals surface area contributed by atoms with Gasteiger partial charge in [0.25, 0.3) is 0 Å². The Morgan fingerprint density at radius 1 is 1.29 bits per heavy atom. The number of halogens is 1. The molecule has 114 valence electrons. The quantitative estimate of drug-likeness (QED) is 0.889. The molecule has 1 aromatic heterocycles. The van der Waals surface area contributed by atoms with E-state index in [1.54, 1.807) is 14.2 Å². The molecule has 2 aromatic rings. The summed E-state index contributed by atoms with van der Waals surface area (Å²) in [7, 11) is 5.16. The zero-order chi connectivity index (χ0) is 15.4. The van der Waals surface area contributed by atoms with Crippen LogP contribution in [0.1, 0.15) is 18.3 Å². The van der Waals surface area contributed by atoms with E-state index in [1.807, 2.05) is 36.9 Å². The number of methoxy groups -OCH3 is 2. The van der Waals surface area contributed by atoms with Crippen LogP contribution in [0.3, 0.4) is 0 Å². The molecule has 0 saturated carbocycles. The fourth-order valence-electron chi connectivity index (χ4n) is 2.14. The number of aromatic nitrogens is 2. The van der Waals surface area contributed by atoms with Crippen molar-refractivity contribution < 1.29 is 9.47 Å². The van der Waals surface area contributed by atoms with Gasteiger partial charge < -0.3 is 14.8 Å². The largest absolute Gasteiger partial charge is 0.497 e. The second-order valence-corrected chi connectivity index (χ2v) is 4.98. The maximum Gasteiger partial charge on any atom is 0.145 e. The van der Waals surface area contributed by atoms with Crippen LogP contribution in [0.15, 0.2) is 18.2 Å². The van der Waals surface area contributed by atoms with Crippen molar-refractivity contribution in [1.29, 1.82) is 0 Å². The van der Waals surface area contributed by atoms with Crippen LogP contribution >= 0.6 is 11.6 Å². The first kappa shape index (κ1) is 15.5. The third kappa shape index (κ3) is 3.24. The van der Waals surface area contributed by atoms with Gasteiger partial charge in [-0.3, -0.25) is 4.68 Å². The van der Waals surface area contributed by atoms with Crippen molar-refractivity contribution in [3.05, 3.63) is 34.6 Å². The summed E-state index contributed by atoms with van der Waals surface area (Å²) in [5.41, 5.74) is 2.75. The Balaban J connectivity index is 2.18. The lowest BCUT2D eigenvalue weighted by Gasteiger charge is -2.12. The second kappa shape index (κ2) is 6.72. The molecule has 0 fully saturated rings. The highest BCUT2D eigenvalue weighted by molar-refractivity contribution is 6.31. The van der Waals surface area contributed by atoms with Crippen molar-refractivity contribution in [2.24, 2.45) is 7.05 Å². The summed E-state index contributed by atoms with van der Waals surface area (Å²) in [6.45, 7) is 2.61. The summed E-state index contributed by atoms with van der Waals surface area (Å²) in [5, 5.41) is 8.45. The van der Waals surface area contributed by atoms with E-state index in [2.05, 4.69) is 10.4 Å². The van der Waals surface area contributed by atoms with Crippen LogP contribution in [0.4, 0.5) is 5.69 Å². The molecule has 0 aliphatic heterocycles. The lowest BCUT2D eigenvalue weighted by Crippen LogP contribution is -2.07. The summed E-state index contributed by atoms with van der Waals surface area (Å²) >= 11 is 6.34. The molecule has 0 atom stereocenters. The number of aryl methyl sites for hydroxylation is 2. The smallest absolute Gasteiger partial charge is 0.145 e. The third-order valence-corrected chi connectivity index (χ3v) is 3.79. The number of hydrogen-bond donors (Lipinski definition) is 1. The van der Waals surface area contributed by atoms with Crippen molar-refractivity contribution in [1.82, 2.24) is 9.78 Å². The van der Waals surface area contributed by atoms with Crippen molar-refractivity contribution in [3.63, 3.8) is 0 Å². The van der Waals surface area contributed by atoms with Crippen molar-refractivity contribution in [3.8, 4) is 11.5 Å². The molecule has 0 aliphatic rings. The number of rotatable bonds is 6. The molecule has 21 heavy (non-hydrogen) atoms. The number of ether oxygens (including phenoxy) is 2. The molecule has 1 aromatic carbocycles. The Morgan fingerprint density at radius 3 is 2.62 bits per heavy atom. The van der Waals surface area contributed by atoms with Crippen molar-refractivity contribution >= 4 is 17.3 Å². The first-order valence-corrected chi connectivity index (χ1v) is 7.14. The number of anilines is 1. The van der Waals surface area contributed by atoms with E-state index in [1.165, 1.54) is 0 Å². The van der Waals surface area contributed by atoms with Gasteiger partial charge in [0.1, 0.15) is 11.5 Å². The maximum absolute atomic E-state index is 6.34. The standard InChI is InChI=1S/C15H20ClN3O2/c1-5-11-15(16)13(19(2)18-11)9-17-12-7-6-10(20-3)8-14(12)21-4/h6-8,17H,5,9H2,1-4H3. The fourth-order valence-corrected chi connectivity index (χ4v) is 2.50. The first-order chi connectivity index (χ1) is 10.1. The molecule has 0 spiro atoms. The lowest BCUT2D eigenvalue weighted by molar-refractivity contribution is 0.395. The number of nitrogens with zero attached hydrogens (tertiary/aromatic N) is 2. The summed E-state index contributed by atoms with van der Waals surface area (Å²) in [5.74, 6) is 1.48. The van der Waals surface area contributed by atoms with Crippen LogP contribution in [-0.2, 0) is 20.0 Å². The predicted octanol–water partition coefficient (Wildman–Crippen LogP) is 3.27. The highest BCUT2D eigenvalue weighted by Crippen LogP contribution is 2.30. The molecule has 0 amide bonds. The Morgan fingerprint density at radius 2 is 2.05 bits per heavy atom. The molecule has 1 heterocycles. The number of nitrogens with one attached hydrogen (secondary N) is 1. The van der Waals surface area contributed by atoms with Gasteiger partial charge in [0, 0.05) is 13.1 Å². The minimum absolute atomic E-state index is 0.574. The number of hydrogen-bond acceptors (Lipinski definition) is 4. The van der Waals surface area contributed by atoms with E-state index in [-0.39, 0.29) is 0 Å². The minimum atomic E-state index is 0.574. The van der Waals surface area contributed by atoms with Crippen molar-refractivity contribution in [2.45, 2.75) is 19.9 Å². The molecule has 6 heteroatoms. The topological polar surface area (TPSA) is 48.3 Å². The minimum Gasteiger partial charge on any atom is -0.497 e. The van der Waals surface area contributed by atoms with Gasteiger partial charge >= 0.3 is 0 Å². The highest BCUT2D eigenvalue weighted by Gasteiger charge is 2.13. The molecule has 0 bridgehead atoms. The Hall–Kier alpha value is -1.88. The average molecular weight is 310 g/mol. The van der Waals surface area contributed by atoms with Crippen LogP contribution in [0.5, 0.6) is 11.5 Å². The van der Waals surface area contributed by atoms with Crippen LogP contribution in [0.2, 0.25) is 5.02 Å². The fraction of sp³-hybridized carbons (Fsp3) is 0.400. The molecule has 5 nitrogen and oxygen atoms in total. The SMILES string of the molecule is CCc1nn(C)c(CNc2ccc(OC)cc2OC)c1Cl. The summed E-state index contributed by atoms with van der Waals surface area (Å²) in [6.07, 6.45) is 0.818.